The lowest BCUT2D eigenvalue weighted by Gasteiger charge is -2.17. The fraction of sp³-hybridized carbons (Fsp3) is 0.625. The second-order valence-corrected chi connectivity index (χ2v) is 3.17. The Kier molecular flexibility index (Phi) is 2.44. The van der Waals surface area contributed by atoms with Crippen LogP contribution in [0.2, 0.25) is 0 Å². The summed E-state index contributed by atoms with van der Waals surface area (Å²) in [4.78, 5) is 3.19. The number of hydrogen-bond acceptors (Lipinski definition) is 1. The minimum Gasteiger partial charge on any atom is -0.363 e. The van der Waals surface area contributed by atoms with Crippen LogP contribution in [0.15, 0.2) is 12.2 Å². The van der Waals surface area contributed by atoms with Crippen LogP contribution >= 0.6 is 12.2 Å². The molecule has 0 aliphatic carbocycles. The van der Waals surface area contributed by atoms with E-state index in [1.54, 1.807) is 0 Å². The quantitative estimate of drug-likeness (QED) is 0.421. The smallest absolute Gasteiger partial charge is 0.104 e. The fourth-order valence-electron chi connectivity index (χ4n) is 1.19. The van der Waals surface area contributed by atoms with Gasteiger partial charge in [0.2, 0.25) is 0 Å². The van der Waals surface area contributed by atoms with Crippen molar-refractivity contribution in [2.45, 2.75) is 19.8 Å². The van der Waals surface area contributed by atoms with Crippen LogP contribution in [0.5, 0.6) is 0 Å². The van der Waals surface area contributed by atoms with E-state index in [1.165, 1.54) is 12.8 Å². The third-order valence-corrected chi connectivity index (χ3v) is 2.37. The number of hydrogen-bond donors (Lipinski definition) is 0. The summed E-state index contributed by atoms with van der Waals surface area (Å²) >= 11 is 5.16. The van der Waals surface area contributed by atoms with E-state index in [0.717, 1.165) is 23.7 Å². The molecule has 1 aliphatic heterocycles. The minimum absolute atomic E-state index is 0.956. The molecular formula is C8H13NS. The van der Waals surface area contributed by atoms with E-state index in [-0.39, 0.29) is 0 Å². The molecule has 10 heavy (non-hydrogen) atoms. The van der Waals surface area contributed by atoms with Gasteiger partial charge in [0, 0.05) is 13.1 Å². The first-order valence-corrected chi connectivity index (χ1v) is 4.07. The van der Waals surface area contributed by atoms with Crippen molar-refractivity contribution in [1.82, 2.24) is 4.90 Å². The van der Waals surface area contributed by atoms with Crippen molar-refractivity contribution >= 4 is 17.2 Å². The van der Waals surface area contributed by atoms with Gasteiger partial charge in [-0.25, -0.2) is 0 Å². The van der Waals surface area contributed by atoms with Crippen molar-refractivity contribution in [1.29, 1.82) is 0 Å². The lowest BCUT2D eigenvalue weighted by Crippen LogP contribution is -2.26. The van der Waals surface area contributed by atoms with Crippen LogP contribution < -0.4 is 0 Å². The van der Waals surface area contributed by atoms with Crippen LogP contribution in [-0.4, -0.2) is 23.0 Å². The Labute approximate surface area is 67.7 Å². The second-order valence-electron chi connectivity index (χ2n) is 2.78. The molecule has 0 unspecified atom stereocenters. The number of likely N-dealkylation sites (tertiary alicyclic amines) is 1. The maximum atomic E-state index is 5.16. The average Bonchev–Trinajstić information content (AvgIpc) is 2.36. The van der Waals surface area contributed by atoms with Gasteiger partial charge in [0.15, 0.2) is 0 Å². The van der Waals surface area contributed by atoms with E-state index >= 15 is 0 Å². The van der Waals surface area contributed by atoms with Gasteiger partial charge in [0.1, 0.15) is 4.99 Å². The first-order chi connectivity index (χ1) is 4.72. The Morgan fingerprint density at radius 2 is 1.90 bits per heavy atom. The summed E-state index contributed by atoms with van der Waals surface area (Å²) in [6, 6.07) is 0. The highest BCUT2D eigenvalue weighted by Crippen LogP contribution is 2.11. The zero-order valence-electron chi connectivity index (χ0n) is 6.39. The Balaban J connectivity index is 2.48. The second kappa shape index (κ2) is 3.15. The molecule has 0 aromatic carbocycles. The Hall–Kier alpha value is -0.370. The zero-order valence-corrected chi connectivity index (χ0v) is 7.21. The zero-order chi connectivity index (χ0) is 7.56. The van der Waals surface area contributed by atoms with Gasteiger partial charge >= 0.3 is 0 Å². The molecule has 1 rings (SSSR count). The maximum absolute atomic E-state index is 5.16. The molecule has 1 saturated heterocycles. The van der Waals surface area contributed by atoms with Crippen LogP contribution in [0.25, 0.3) is 0 Å². The molecule has 1 fully saturated rings. The molecule has 0 atom stereocenters. The molecule has 0 aromatic rings. The third kappa shape index (κ3) is 1.57. The van der Waals surface area contributed by atoms with Crippen molar-refractivity contribution in [3.8, 4) is 0 Å². The van der Waals surface area contributed by atoms with Crippen LogP contribution in [-0.2, 0) is 0 Å². The van der Waals surface area contributed by atoms with Crippen molar-refractivity contribution in [3.63, 3.8) is 0 Å². The summed E-state index contributed by atoms with van der Waals surface area (Å²) < 4.78 is 0. The first kappa shape index (κ1) is 7.73. The summed E-state index contributed by atoms with van der Waals surface area (Å²) in [7, 11) is 0. The topological polar surface area (TPSA) is 3.24 Å². The van der Waals surface area contributed by atoms with Gasteiger partial charge < -0.3 is 4.90 Å². The van der Waals surface area contributed by atoms with Crippen LogP contribution in [0.1, 0.15) is 19.8 Å². The van der Waals surface area contributed by atoms with Crippen molar-refractivity contribution in [3.05, 3.63) is 12.2 Å². The Morgan fingerprint density at radius 1 is 1.40 bits per heavy atom. The molecule has 0 amide bonds. The SMILES string of the molecule is C=C(C)C(=S)N1CCCC1. The molecule has 0 saturated carbocycles. The monoisotopic (exact) mass is 155 g/mol. The van der Waals surface area contributed by atoms with Gasteiger partial charge in [0.05, 0.1) is 0 Å². The molecule has 1 nitrogen and oxygen atoms in total. The van der Waals surface area contributed by atoms with Crippen molar-refractivity contribution in [2.24, 2.45) is 0 Å². The number of rotatable bonds is 1. The van der Waals surface area contributed by atoms with E-state index in [1.807, 2.05) is 6.92 Å². The predicted molar refractivity (Wildman–Crippen MR) is 48.2 cm³/mol. The van der Waals surface area contributed by atoms with Crippen LogP contribution in [0.3, 0.4) is 0 Å². The molecule has 0 aromatic heterocycles. The number of thiocarbonyl (C=S) groups is 1. The molecule has 2 heteroatoms. The molecule has 1 aliphatic rings. The fourth-order valence-corrected chi connectivity index (χ4v) is 1.37. The molecular weight excluding hydrogens is 142 g/mol. The van der Waals surface area contributed by atoms with Gasteiger partial charge in [0.25, 0.3) is 0 Å². The number of nitrogens with zero attached hydrogens (tertiary/aromatic N) is 1. The van der Waals surface area contributed by atoms with E-state index < -0.39 is 0 Å². The average molecular weight is 155 g/mol. The van der Waals surface area contributed by atoms with E-state index in [4.69, 9.17) is 12.2 Å². The molecule has 0 N–H and O–H groups in total. The van der Waals surface area contributed by atoms with E-state index in [9.17, 15) is 0 Å². The predicted octanol–water partition coefficient (Wildman–Crippen LogP) is 1.99. The van der Waals surface area contributed by atoms with Crippen molar-refractivity contribution in [2.75, 3.05) is 13.1 Å². The van der Waals surface area contributed by atoms with Gasteiger partial charge in [-0.3, -0.25) is 0 Å². The van der Waals surface area contributed by atoms with Crippen LogP contribution in [0, 0.1) is 0 Å². The molecule has 0 spiro atoms. The largest absolute Gasteiger partial charge is 0.363 e. The summed E-state index contributed by atoms with van der Waals surface area (Å²) in [5.74, 6) is 0. The molecule has 0 bridgehead atoms. The minimum atomic E-state index is 0.956. The van der Waals surface area contributed by atoms with Crippen molar-refractivity contribution < 1.29 is 0 Å². The maximum Gasteiger partial charge on any atom is 0.104 e. The van der Waals surface area contributed by atoms with Gasteiger partial charge in [-0.2, -0.15) is 0 Å². The highest BCUT2D eigenvalue weighted by molar-refractivity contribution is 7.80. The Morgan fingerprint density at radius 3 is 2.30 bits per heavy atom. The summed E-state index contributed by atoms with van der Waals surface area (Å²) in [6.45, 7) is 8.05. The lowest BCUT2D eigenvalue weighted by atomic mass is 10.3. The van der Waals surface area contributed by atoms with Gasteiger partial charge in [-0.05, 0) is 25.3 Å². The lowest BCUT2D eigenvalue weighted by molar-refractivity contribution is 0.529. The standard InChI is InChI=1S/C8H13NS/c1-7(2)8(10)9-5-3-4-6-9/h1,3-6H2,2H3. The molecule has 1 heterocycles. The summed E-state index contributed by atoms with van der Waals surface area (Å²) in [5, 5.41) is 0. The highest BCUT2D eigenvalue weighted by Gasteiger charge is 2.14. The molecule has 56 valence electrons. The van der Waals surface area contributed by atoms with E-state index in [0.29, 0.717) is 0 Å². The molecule has 0 radical (unpaired) electrons. The van der Waals surface area contributed by atoms with Crippen LogP contribution in [0.4, 0.5) is 0 Å². The van der Waals surface area contributed by atoms with Gasteiger partial charge in [-0.15, -0.1) is 0 Å². The van der Waals surface area contributed by atoms with Gasteiger partial charge in [-0.1, -0.05) is 18.8 Å². The normalized spacial score (nSPS) is 17.5. The summed E-state index contributed by atoms with van der Waals surface area (Å²) in [6.07, 6.45) is 2.57. The first-order valence-electron chi connectivity index (χ1n) is 3.66. The summed E-state index contributed by atoms with van der Waals surface area (Å²) in [5.41, 5.74) is 1.02. The highest BCUT2D eigenvalue weighted by atomic mass is 32.1. The third-order valence-electron chi connectivity index (χ3n) is 1.76. The van der Waals surface area contributed by atoms with E-state index in [2.05, 4.69) is 11.5 Å². The Bertz CT molecular complexity index is 157.